The third kappa shape index (κ3) is 3.17. The van der Waals surface area contributed by atoms with E-state index in [1.54, 1.807) is 0 Å². The summed E-state index contributed by atoms with van der Waals surface area (Å²) >= 11 is 0. The summed E-state index contributed by atoms with van der Waals surface area (Å²) < 4.78 is 0. The van der Waals surface area contributed by atoms with Gasteiger partial charge in [0.15, 0.2) is 0 Å². The second-order valence-electron chi connectivity index (χ2n) is 5.17. The molecule has 3 heteroatoms. The van der Waals surface area contributed by atoms with Crippen LogP contribution in [0.4, 0.5) is 5.69 Å². The third-order valence-corrected chi connectivity index (χ3v) is 4.53. The van der Waals surface area contributed by atoms with Gasteiger partial charge >= 0.3 is 0 Å². The normalized spacial score (nSPS) is 12.2. The van der Waals surface area contributed by atoms with Crippen molar-refractivity contribution in [3.05, 3.63) is 48.2 Å². The van der Waals surface area contributed by atoms with Crippen LogP contribution >= 0.6 is 0 Å². The Morgan fingerprint density at radius 3 is 2.29 bits per heavy atom. The molecule has 0 aliphatic rings. The molecule has 0 bridgehead atoms. The summed E-state index contributed by atoms with van der Waals surface area (Å²) in [6.45, 7) is 6.99. The molecule has 17 heavy (non-hydrogen) atoms. The van der Waals surface area contributed by atoms with Gasteiger partial charge in [-0.25, -0.2) is 0 Å². The maximum atomic E-state index is 4.43. The van der Waals surface area contributed by atoms with Crippen molar-refractivity contribution in [2.75, 3.05) is 0 Å². The van der Waals surface area contributed by atoms with Crippen molar-refractivity contribution in [1.29, 1.82) is 0 Å². The van der Waals surface area contributed by atoms with Gasteiger partial charge < -0.3 is 4.98 Å². The topological polar surface area (TPSA) is 28.1 Å². The van der Waals surface area contributed by atoms with Crippen LogP contribution in [0.1, 0.15) is 5.69 Å². The van der Waals surface area contributed by atoms with Gasteiger partial charge in [0.2, 0.25) is 0 Å². The molecule has 0 aliphatic carbocycles. The number of aromatic amines is 1. The third-order valence-electron chi connectivity index (χ3n) is 2.63. The molecule has 88 valence electrons. The zero-order valence-corrected chi connectivity index (χ0v) is 11.6. The number of aromatic nitrogens is 1. The van der Waals surface area contributed by atoms with Crippen LogP contribution in [0, 0.1) is 0 Å². The van der Waals surface area contributed by atoms with E-state index >= 15 is 0 Å². The summed E-state index contributed by atoms with van der Waals surface area (Å²) in [6.07, 6.45) is 1.89. The minimum absolute atomic E-state index is 0.983. The number of benzene rings is 1. The monoisotopic (exact) mass is 242 g/mol. The standard InChI is InChI=1S/C14H18N2Si/c1-17(2,3)14-10-9-13(16-14)11-15-12-7-5-4-6-8-12/h4-11,16H,1-3H3. The number of nitrogens with one attached hydrogen (secondary N) is 1. The Bertz CT molecular complexity index is 507. The van der Waals surface area contributed by atoms with Crippen molar-refractivity contribution in [2.45, 2.75) is 19.6 Å². The van der Waals surface area contributed by atoms with Gasteiger partial charge in [-0.05, 0) is 29.6 Å². The van der Waals surface area contributed by atoms with E-state index in [1.807, 2.05) is 36.5 Å². The molecule has 1 aromatic carbocycles. The fourth-order valence-corrected chi connectivity index (χ4v) is 2.69. The van der Waals surface area contributed by atoms with Crippen LogP contribution < -0.4 is 5.32 Å². The highest BCUT2D eigenvalue weighted by molar-refractivity contribution is 6.88. The first-order valence-electron chi connectivity index (χ1n) is 5.84. The minimum Gasteiger partial charge on any atom is -0.362 e. The van der Waals surface area contributed by atoms with Crippen LogP contribution in [-0.4, -0.2) is 19.3 Å². The number of para-hydroxylation sites is 1. The second-order valence-corrected chi connectivity index (χ2v) is 10.2. The highest BCUT2D eigenvalue weighted by Crippen LogP contribution is 2.09. The smallest absolute Gasteiger partial charge is 0.0981 e. The number of aliphatic imine (C=N–C) groups is 1. The lowest BCUT2D eigenvalue weighted by molar-refractivity contribution is 1.40. The molecular formula is C14H18N2Si. The van der Waals surface area contributed by atoms with Crippen LogP contribution in [0.5, 0.6) is 0 Å². The first-order chi connectivity index (χ1) is 8.05. The lowest BCUT2D eigenvalue weighted by Crippen LogP contribution is -2.38. The molecule has 0 amide bonds. The molecule has 0 aliphatic heterocycles. The van der Waals surface area contributed by atoms with Gasteiger partial charge in [0.1, 0.15) is 0 Å². The molecule has 0 saturated carbocycles. The predicted octanol–water partition coefficient (Wildman–Crippen LogP) is 3.31. The Morgan fingerprint density at radius 2 is 1.71 bits per heavy atom. The molecular weight excluding hydrogens is 224 g/mol. The molecule has 0 fully saturated rings. The summed E-state index contributed by atoms with van der Waals surface area (Å²) in [5, 5.41) is 1.37. The van der Waals surface area contributed by atoms with E-state index in [4.69, 9.17) is 0 Å². The molecule has 2 nitrogen and oxygen atoms in total. The molecule has 2 aromatic rings. The van der Waals surface area contributed by atoms with E-state index in [0.717, 1.165) is 11.4 Å². The fourth-order valence-electron chi connectivity index (χ4n) is 1.58. The van der Waals surface area contributed by atoms with E-state index in [2.05, 4.69) is 41.8 Å². The minimum atomic E-state index is -1.24. The molecule has 1 aromatic heterocycles. The molecule has 0 radical (unpaired) electrons. The Balaban J connectivity index is 2.15. The van der Waals surface area contributed by atoms with E-state index in [-0.39, 0.29) is 0 Å². The number of nitrogens with zero attached hydrogens (tertiary/aromatic N) is 1. The van der Waals surface area contributed by atoms with Crippen molar-refractivity contribution in [3.63, 3.8) is 0 Å². The Hall–Kier alpha value is -1.61. The van der Waals surface area contributed by atoms with Crippen LogP contribution in [0.25, 0.3) is 0 Å². The summed E-state index contributed by atoms with van der Waals surface area (Å²) in [5.41, 5.74) is 2.06. The van der Waals surface area contributed by atoms with Gasteiger partial charge in [0.05, 0.1) is 25.7 Å². The first-order valence-corrected chi connectivity index (χ1v) is 9.34. The summed E-state index contributed by atoms with van der Waals surface area (Å²) in [7, 11) is -1.24. The number of hydrogen-bond donors (Lipinski definition) is 1. The molecule has 0 spiro atoms. The van der Waals surface area contributed by atoms with Crippen LogP contribution in [0.3, 0.4) is 0 Å². The summed E-state index contributed by atoms with van der Waals surface area (Å²) in [6, 6.07) is 14.3. The van der Waals surface area contributed by atoms with Gasteiger partial charge in [0.25, 0.3) is 0 Å². The van der Waals surface area contributed by atoms with E-state index in [1.165, 1.54) is 5.32 Å². The maximum absolute atomic E-state index is 4.43. The van der Waals surface area contributed by atoms with E-state index in [9.17, 15) is 0 Å². The Kier molecular flexibility index (Phi) is 3.29. The van der Waals surface area contributed by atoms with E-state index < -0.39 is 8.07 Å². The molecule has 1 N–H and O–H groups in total. The van der Waals surface area contributed by atoms with Crippen molar-refractivity contribution < 1.29 is 0 Å². The quantitative estimate of drug-likeness (QED) is 0.632. The van der Waals surface area contributed by atoms with Crippen molar-refractivity contribution >= 4 is 25.3 Å². The number of hydrogen-bond acceptors (Lipinski definition) is 1. The Morgan fingerprint density at radius 1 is 1.00 bits per heavy atom. The average Bonchev–Trinajstić information content (AvgIpc) is 2.76. The number of rotatable bonds is 3. The second kappa shape index (κ2) is 4.71. The lowest BCUT2D eigenvalue weighted by Gasteiger charge is -2.12. The number of H-pyrrole nitrogens is 1. The maximum Gasteiger partial charge on any atom is 0.0981 e. The molecule has 0 atom stereocenters. The molecule has 1 heterocycles. The highest BCUT2D eigenvalue weighted by Gasteiger charge is 2.17. The molecule has 0 saturated heterocycles. The van der Waals surface area contributed by atoms with Crippen LogP contribution in [-0.2, 0) is 0 Å². The summed E-state index contributed by atoms with van der Waals surface area (Å²) in [5.74, 6) is 0. The first kappa shape index (κ1) is 11.9. The van der Waals surface area contributed by atoms with Crippen molar-refractivity contribution in [3.8, 4) is 0 Å². The predicted molar refractivity (Wildman–Crippen MR) is 77.5 cm³/mol. The zero-order valence-electron chi connectivity index (χ0n) is 10.6. The Labute approximate surface area is 103 Å². The average molecular weight is 242 g/mol. The highest BCUT2D eigenvalue weighted by atomic mass is 28.3. The molecule has 2 rings (SSSR count). The van der Waals surface area contributed by atoms with Gasteiger partial charge in [-0.15, -0.1) is 0 Å². The SMILES string of the molecule is C[Si](C)(C)c1ccc(C=Nc2ccccc2)[nH]1. The van der Waals surface area contributed by atoms with Crippen LogP contribution in [0.2, 0.25) is 19.6 Å². The zero-order chi connectivity index (χ0) is 12.3. The summed E-state index contributed by atoms with van der Waals surface area (Å²) in [4.78, 5) is 7.87. The van der Waals surface area contributed by atoms with E-state index in [0.29, 0.717) is 0 Å². The fraction of sp³-hybridized carbons (Fsp3) is 0.214. The van der Waals surface area contributed by atoms with Crippen molar-refractivity contribution in [2.24, 2.45) is 4.99 Å². The van der Waals surface area contributed by atoms with Crippen LogP contribution in [0.15, 0.2) is 47.5 Å². The molecule has 0 unspecified atom stereocenters. The van der Waals surface area contributed by atoms with Crippen molar-refractivity contribution in [1.82, 2.24) is 4.98 Å². The van der Waals surface area contributed by atoms with Gasteiger partial charge in [-0.2, -0.15) is 0 Å². The van der Waals surface area contributed by atoms with Gasteiger partial charge in [-0.1, -0.05) is 37.8 Å². The largest absolute Gasteiger partial charge is 0.362 e. The van der Waals surface area contributed by atoms with Gasteiger partial charge in [-0.3, -0.25) is 4.99 Å². The van der Waals surface area contributed by atoms with Gasteiger partial charge in [0, 0.05) is 0 Å². The lowest BCUT2D eigenvalue weighted by atomic mass is 10.3.